The highest BCUT2D eigenvalue weighted by Gasteiger charge is 2.21. The molecule has 0 aliphatic carbocycles. The van der Waals surface area contributed by atoms with Crippen molar-refractivity contribution in [1.29, 1.82) is 0 Å². The van der Waals surface area contributed by atoms with Gasteiger partial charge in [0.1, 0.15) is 4.88 Å². The lowest BCUT2D eigenvalue weighted by Crippen LogP contribution is -2.30. The fourth-order valence-electron chi connectivity index (χ4n) is 2.62. The van der Waals surface area contributed by atoms with Crippen molar-refractivity contribution in [2.45, 2.75) is 26.9 Å². The van der Waals surface area contributed by atoms with Crippen LogP contribution in [0.3, 0.4) is 0 Å². The average Bonchev–Trinajstić information content (AvgIpc) is 3.08. The lowest BCUT2D eigenvalue weighted by atomic mass is 10.1. The number of carbonyl (C=O) groups is 2. The summed E-state index contributed by atoms with van der Waals surface area (Å²) in [6, 6.07) is 11.6. The normalized spacial score (nSPS) is 11.8. The number of amides is 1. The molecule has 3 aromatic rings. The molecule has 0 radical (unpaired) electrons. The summed E-state index contributed by atoms with van der Waals surface area (Å²) in [4.78, 5) is 35.4. The predicted molar refractivity (Wildman–Crippen MR) is 108 cm³/mol. The maximum Gasteiger partial charge on any atom is 0.349 e. The number of carbonyl (C=O) groups excluding carboxylic acids is 2. The Hall–Kier alpha value is -3.26. The smallest absolute Gasteiger partial charge is 0.349 e. The third kappa shape index (κ3) is 4.17. The monoisotopic (exact) mass is 398 g/mol. The summed E-state index contributed by atoms with van der Waals surface area (Å²) in [5, 5.41) is 14.2. The Balaban J connectivity index is 1.71. The van der Waals surface area contributed by atoms with E-state index in [1.165, 1.54) is 25.1 Å². The van der Waals surface area contributed by atoms with Crippen molar-refractivity contribution in [3.63, 3.8) is 0 Å². The molecular formula is C20H18N2O5S. The molecule has 1 heterocycles. The van der Waals surface area contributed by atoms with E-state index in [1.54, 1.807) is 6.07 Å². The second kappa shape index (κ2) is 7.77. The van der Waals surface area contributed by atoms with Crippen LogP contribution in [0.2, 0.25) is 0 Å². The molecule has 1 atom stereocenters. The maximum atomic E-state index is 12.4. The van der Waals surface area contributed by atoms with Gasteiger partial charge in [0.15, 0.2) is 6.10 Å². The number of rotatable bonds is 5. The number of fused-ring (bicyclic) bond motifs is 1. The van der Waals surface area contributed by atoms with E-state index < -0.39 is 22.9 Å². The van der Waals surface area contributed by atoms with E-state index in [0.29, 0.717) is 11.1 Å². The highest BCUT2D eigenvalue weighted by Crippen LogP contribution is 2.29. The Labute approximate surface area is 165 Å². The Morgan fingerprint density at radius 3 is 2.61 bits per heavy atom. The van der Waals surface area contributed by atoms with Gasteiger partial charge >= 0.3 is 5.97 Å². The maximum absolute atomic E-state index is 12.4. The lowest BCUT2D eigenvalue weighted by molar-refractivity contribution is -0.384. The molecule has 1 amide bonds. The number of ether oxygens (including phenoxy) is 1. The molecule has 3 rings (SSSR count). The number of benzene rings is 2. The average molecular weight is 398 g/mol. The third-order valence-corrected chi connectivity index (χ3v) is 5.31. The minimum Gasteiger partial charge on any atom is -0.448 e. The van der Waals surface area contributed by atoms with Crippen molar-refractivity contribution >= 4 is 44.7 Å². The van der Waals surface area contributed by atoms with Gasteiger partial charge in [0.2, 0.25) is 0 Å². The quantitative estimate of drug-likeness (QED) is 0.384. The molecule has 0 fully saturated rings. The van der Waals surface area contributed by atoms with Gasteiger partial charge in [-0.15, -0.1) is 11.3 Å². The first kappa shape index (κ1) is 19.5. The number of non-ortho nitro benzene ring substituents is 1. The number of nitro groups is 1. The van der Waals surface area contributed by atoms with Crippen LogP contribution < -0.4 is 5.32 Å². The summed E-state index contributed by atoms with van der Waals surface area (Å²) < 4.78 is 6.00. The van der Waals surface area contributed by atoms with Crippen LogP contribution in [-0.2, 0) is 9.53 Å². The number of nitrogens with zero attached hydrogens (tertiary/aromatic N) is 1. The molecule has 0 saturated heterocycles. The van der Waals surface area contributed by atoms with E-state index in [0.717, 1.165) is 27.2 Å². The summed E-state index contributed by atoms with van der Waals surface area (Å²) >= 11 is 1.16. The Kier molecular flexibility index (Phi) is 5.41. The van der Waals surface area contributed by atoms with Gasteiger partial charge in [-0.25, -0.2) is 4.79 Å². The molecule has 0 unspecified atom stereocenters. The molecule has 0 aliphatic heterocycles. The summed E-state index contributed by atoms with van der Waals surface area (Å²) in [7, 11) is 0. The second-order valence-corrected chi connectivity index (χ2v) is 7.53. The first-order chi connectivity index (χ1) is 13.2. The fraction of sp³-hybridized carbons (Fsp3) is 0.200. The van der Waals surface area contributed by atoms with Crippen molar-refractivity contribution in [3.8, 4) is 0 Å². The zero-order valence-corrected chi connectivity index (χ0v) is 16.3. The van der Waals surface area contributed by atoms with Gasteiger partial charge in [0.25, 0.3) is 11.6 Å². The van der Waals surface area contributed by atoms with Crippen LogP contribution in [0, 0.1) is 24.0 Å². The van der Waals surface area contributed by atoms with Crippen molar-refractivity contribution in [2.75, 3.05) is 5.32 Å². The number of hydrogen-bond donors (Lipinski definition) is 1. The third-order valence-electron chi connectivity index (χ3n) is 4.22. The molecular weight excluding hydrogens is 380 g/mol. The molecule has 8 heteroatoms. The molecule has 28 heavy (non-hydrogen) atoms. The van der Waals surface area contributed by atoms with Gasteiger partial charge in [-0.1, -0.05) is 12.1 Å². The number of hydrogen-bond acceptors (Lipinski definition) is 6. The molecule has 1 N–H and O–H groups in total. The Bertz CT molecular complexity index is 1090. The van der Waals surface area contributed by atoms with Crippen molar-refractivity contribution in [2.24, 2.45) is 0 Å². The van der Waals surface area contributed by atoms with Gasteiger partial charge in [-0.05, 0) is 50.1 Å². The van der Waals surface area contributed by atoms with Crippen LogP contribution >= 0.6 is 11.3 Å². The van der Waals surface area contributed by atoms with Crippen LogP contribution in [0.25, 0.3) is 10.1 Å². The van der Waals surface area contributed by atoms with E-state index in [1.807, 2.05) is 32.0 Å². The summed E-state index contributed by atoms with van der Waals surface area (Å²) in [6.45, 7) is 5.29. The highest BCUT2D eigenvalue weighted by molar-refractivity contribution is 7.20. The van der Waals surface area contributed by atoms with Crippen LogP contribution in [0.1, 0.15) is 27.7 Å². The molecule has 0 saturated carbocycles. The lowest BCUT2D eigenvalue weighted by Gasteiger charge is -2.14. The van der Waals surface area contributed by atoms with Gasteiger partial charge in [-0.2, -0.15) is 0 Å². The summed E-state index contributed by atoms with van der Waals surface area (Å²) in [6.07, 6.45) is -0.994. The molecule has 144 valence electrons. The molecule has 7 nitrogen and oxygen atoms in total. The summed E-state index contributed by atoms with van der Waals surface area (Å²) in [5.74, 6) is -1.08. The van der Waals surface area contributed by atoms with E-state index in [4.69, 9.17) is 4.74 Å². The number of nitrogens with one attached hydrogen (secondary N) is 1. The van der Waals surface area contributed by atoms with Crippen molar-refractivity contribution < 1.29 is 19.2 Å². The van der Waals surface area contributed by atoms with Gasteiger partial charge < -0.3 is 10.1 Å². The number of thiophene rings is 1. The number of aryl methyl sites for hydroxylation is 2. The van der Waals surface area contributed by atoms with Gasteiger partial charge in [-0.3, -0.25) is 14.9 Å². The van der Waals surface area contributed by atoms with E-state index in [9.17, 15) is 19.7 Å². The summed E-state index contributed by atoms with van der Waals surface area (Å²) in [5.41, 5.74) is 2.53. The largest absolute Gasteiger partial charge is 0.448 e. The first-order valence-corrected chi connectivity index (χ1v) is 9.33. The van der Waals surface area contributed by atoms with E-state index >= 15 is 0 Å². The first-order valence-electron chi connectivity index (χ1n) is 8.51. The van der Waals surface area contributed by atoms with Crippen molar-refractivity contribution in [1.82, 2.24) is 0 Å². The fourth-order valence-corrected chi connectivity index (χ4v) is 3.55. The minimum absolute atomic E-state index is 0.0495. The van der Waals surface area contributed by atoms with Gasteiger partial charge in [0, 0.05) is 27.9 Å². The molecule has 0 bridgehead atoms. The molecule has 2 aromatic carbocycles. The standard InChI is InChI=1S/C20H18N2O5S/c1-11-4-5-12(2)16(8-11)21-19(23)13(3)27-20(24)18-10-14-9-15(22(25)26)6-7-17(14)28-18/h4-10,13H,1-3H3,(H,21,23)/t13-/m0/s1. The number of esters is 1. The predicted octanol–water partition coefficient (Wildman–Crippen LogP) is 4.61. The molecule has 0 spiro atoms. The molecule has 0 aliphatic rings. The van der Waals surface area contributed by atoms with Crippen molar-refractivity contribution in [3.05, 3.63) is 68.6 Å². The van der Waals surface area contributed by atoms with E-state index in [-0.39, 0.29) is 10.6 Å². The van der Waals surface area contributed by atoms with Crippen LogP contribution in [0.4, 0.5) is 11.4 Å². The van der Waals surface area contributed by atoms with Crippen LogP contribution in [-0.4, -0.2) is 22.9 Å². The number of anilines is 1. The Morgan fingerprint density at radius 2 is 1.89 bits per heavy atom. The van der Waals surface area contributed by atoms with Crippen LogP contribution in [0.15, 0.2) is 42.5 Å². The number of nitro benzene ring substituents is 1. The van der Waals surface area contributed by atoms with E-state index in [2.05, 4.69) is 5.32 Å². The highest BCUT2D eigenvalue weighted by atomic mass is 32.1. The minimum atomic E-state index is -0.994. The zero-order chi connectivity index (χ0) is 20.4. The topological polar surface area (TPSA) is 98.5 Å². The zero-order valence-electron chi connectivity index (χ0n) is 15.5. The SMILES string of the molecule is Cc1ccc(C)c(NC(=O)[C@H](C)OC(=O)c2cc3cc([N+](=O)[O-])ccc3s2)c1. The molecule has 1 aromatic heterocycles. The van der Waals surface area contributed by atoms with Gasteiger partial charge in [0.05, 0.1) is 4.92 Å². The Morgan fingerprint density at radius 1 is 1.14 bits per heavy atom. The second-order valence-electron chi connectivity index (χ2n) is 6.45. The van der Waals surface area contributed by atoms with Crippen LogP contribution in [0.5, 0.6) is 0 Å².